The molecule has 1 aromatic carbocycles. The quantitative estimate of drug-likeness (QED) is 0.822. The summed E-state index contributed by atoms with van der Waals surface area (Å²) in [5.74, 6) is -1.30. The number of carboxylic acid groups (broad SMARTS) is 1. The zero-order valence-electron chi connectivity index (χ0n) is 11.3. The van der Waals surface area contributed by atoms with Crippen molar-refractivity contribution in [2.45, 2.75) is 32.2 Å². The van der Waals surface area contributed by atoms with E-state index >= 15 is 0 Å². The van der Waals surface area contributed by atoms with Gasteiger partial charge in [0, 0.05) is 6.04 Å². The van der Waals surface area contributed by atoms with Crippen LogP contribution in [0.2, 0.25) is 0 Å². The van der Waals surface area contributed by atoms with E-state index in [1.165, 1.54) is 0 Å². The van der Waals surface area contributed by atoms with Gasteiger partial charge in [-0.15, -0.1) is 0 Å². The Bertz CT molecular complexity index is 439. The van der Waals surface area contributed by atoms with Gasteiger partial charge in [0.2, 0.25) is 5.91 Å². The molecule has 5 nitrogen and oxygen atoms in total. The molecule has 0 aliphatic rings. The maximum atomic E-state index is 12.0. The number of carbonyl (C=O) groups is 2. The van der Waals surface area contributed by atoms with Crippen LogP contribution in [0.5, 0.6) is 5.75 Å². The number of amides is 1. The van der Waals surface area contributed by atoms with E-state index in [4.69, 9.17) is 9.84 Å². The summed E-state index contributed by atoms with van der Waals surface area (Å²) >= 11 is 0. The Morgan fingerprint density at radius 1 is 1.26 bits per heavy atom. The molecule has 2 N–H and O–H groups in total. The van der Waals surface area contributed by atoms with Crippen LogP contribution in [0.25, 0.3) is 0 Å². The molecule has 1 atom stereocenters. The molecular weight excluding hydrogens is 246 g/mol. The SMILES string of the molecule is COc1ccc(C(CC(=O)O)C(=O)NC(C)C)cc1. The number of carbonyl (C=O) groups excluding carboxylic acids is 1. The summed E-state index contributed by atoms with van der Waals surface area (Å²) in [5.41, 5.74) is 0.668. The average Bonchev–Trinajstić information content (AvgIpc) is 2.35. The number of carboxylic acids is 1. The number of hydrogen-bond donors (Lipinski definition) is 2. The van der Waals surface area contributed by atoms with Crippen LogP contribution >= 0.6 is 0 Å². The molecule has 0 bridgehead atoms. The second-order valence-corrected chi connectivity index (χ2v) is 4.59. The van der Waals surface area contributed by atoms with Gasteiger partial charge in [0.05, 0.1) is 19.4 Å². The van der Waals surface area contributed by atoms with Crippen molar-refractivity contribution in [3.05, 3.63) is 29.8 Å². The summed E-state index contributed by atoms with van der Waals surface area (Å²) in [6, 6.07) is 6.83. The fourth-order valence-corrected chi connectivity index (χ4v) is 1.76. The summed E-state index contributed by atoms with van der Waals surface area (Å²) in [5, 5.41) is 11.7. The third kappa shape index (κ3) is 4.62. The Kier molecular flexibility index (Phi) is 5.36. The summed E-state index contributed by atoms with van der Waals surface area (Å²) < 4.78 is 5.04. The van der Waals surface area contributed by atoms with Crippen molar-refractivity contribution in [1.29, 1.82) is 0 Å². The van der Waals surface area contributed by atoms with Crippen molar-refractivity contribution in [3.63, 3.8) is 0 Å². The summed E-state index contributed by atoms with van der Waals surface area (Å²) in [6.07, 6.45) is -0.231. The summed E-state index contributed by atoms with van der Waals surface area (Å²) in [7, 11) is 1.55. The van der Waals surface area contributed by atoms with Gasteiger partial charge < -0.3 is 15.2 Å². The van der Waals surface area contributed by atoms with E-state index in [0.29, 0.717) is 11.3 Å². The van der Waals surface area contributed by atoms with Crippen molar-refractivity contribution in [3.8, 4) is 5.75 Å². The third-order valence-electron chi connectivity index (χ3n) is 2.64. The van der Waals surface area contributed by atoms with Crippen LogP contribution in [0, 0.1) is 0 Å². The molecule has 1 rings (SSSR count). The number of aliphatic carboxylic acids is 1. The first-order chi connectivity index (χ1) is 8.93. The topological polar surface area (TPSA) is 75.6 Å². The molecule has 1 amide bonds. The second kappa shape index (κ2) is 6.78. The van der Waals surface area contributed by atoms with Crippen LogP contribution in [0.4, 0.5) is 0 Å². The number of benzene rings is 1. The maximum Gasteiger partial charge on any atom is 0.304 e. The molecule has 1 aromatic rings. The van der Waals surface area contributed by atoms with Gasteiger partial charge in [0.1, 0.15) is 5.75 Å². The minimum atomic E-state index is -1.00. The lowest BCUT2D eigenvalue weighted by Crippen LogP contribution is -2.35. The van der Waals surface area contributed by atoms with Gasteiger partial charge in [0.15, 0.2) is 0 Å². The van der Waals surface area contributed by atoms with Crippen molar-refractivity contribution >= 4 is 11.9 Å². The van der Waals surface area contributed by atoms with Crippen molar-refractivity contribution in [2.24, 2.45) is 0 Å². The van der Waals surface area contributed by atoms with Gasteiger partial charge in [-0.1, -0.05) is 12.1 Å². The lowest BCUT2D eigenvalue weighted by Gasteiger charge is -2.17. The summed E-state index contributed by atoms with van der Waals surface area (Å²) in [6.45, 7) is 3.67. The van der Waals surface area contributed by atoms with E-state index in [1.807, 2.05) is 13.8 Å². The predicted molar refractivity (Wildman–Crippen MR) is 71.3 cm³/mol. The molecule has 0 heterocycles. The Labute approximate surface area is 112 Å². The minimum absolute atomic E-state index is 0.0259. The lowest BCUT2D eigenvalue weighted by molar-refractivity contribution is -0.139. The first-order valence-corrected chi connectivity index (χ1v) is 6.10. The molecule has 0 radical (unpaired) electrons. The Hall–Kier alpha value is -2.04. The zero-order chi connectivity index (χ0) is 14.4. The second-order valence-electron chi connectivity index (χ2n) is 4.59. The lowest BCUT2D eigenvalue weighted by atomic mass is 9.94. The first kappa shape index (κ1) is 15.0. The molecule has 1 unspecified atom stereocenters. The fraction of sp³-hybridized carbons (Fsp3) is 0.429. The highest BCUT2D eigenvalue weighted by molar-refractivity contribution is 5.87. The smallest absolute Gasteiger partial charge is 0.304 e. The van der Waals surface area contributed by atoms with Gasteiger partial charge in [-0.2, -0.15) is 0 Å². The highest BCUT2D eigenvalue weighted by atomic mass is 16.5. The van der Waals surface area contributed by atoms with Crippen molar-refractivity contribution in [1.82, 2.24) is 5.32 Å². The van der Waals surface area contributed by atoms with E-state index in [-0.39, 0.29) is 18.4 Å². The van der Waals surface area contributed by atoms with E-state index < -0.39 is 11.9 Å². The van der Waals surface area contributed by atoms with Crippen LogP contribution in [-0.2, 0) is 9.59 Å². The number of methoxy groups -OCH3 is 1. The van der Waals surface area contributed by atoms with Crippen LogP contribution in [0.1, 0.15) is 31.7 Å². The monoisotopic (exact) mass is 265 g/mol. The molecule has 104 valence electrons. The van der Waals surface area contributed by atoms with Crippen LogP contribution in [0.3, 0.4) is 0 Å². The molecule has 0 aliphatic carbocycles. The van der Waals surface area contributed by atoms with Gasteiger partial charge in [-0.25, -0.2) is 0 Å². The number of rotatable bonds is 6. The first-order valence-electron chi connectivity index (χ1n) is 6.10. The van der Waals surface area contributed by atoms with Gasteiger partial charge in [0.25, 0.3) is 0 Å². The van der Waals surface area contributed by atoms with Crippen LogP contribution in [-0.4, -0.2) is 30.1 Å². The van der Waals surface area contributed by atoms with Crippen molar-refractivity contribution in [2.75, 3.05) is 7.11 Å². The van der Waals surface area contributed by atoms with Gasteiger partial charge in [-0.3, -0.25) is 9.59 Å². The average molecular weight is 265 g/mol. The zero-order valence-corrected chi connectivity index (χ0v) is 11.3. The minimum Gasteiger partial charge on any atom is -0.497 e. The Morgan fingerprint density at radius 3 is 2.26 bits per heavy atom. The molecule has 0 spiro atoms. The number of nitrogens with one attached hydrogen (secondary N) is 1. The van der Waals surface area contributed by atoms with Crippen LogP contribution in [0.15, 0.2) is 24.3 Å². The maximum absolute atomic E-state index is 12.0. The molecule has 0 aromatic heterocycles. The van der Waals surface area contributed by atoms with Gasteiger partial charge >= 0.3 is 5.97 Å². The van der Waals surface area contributed by atoms with E-state index in [1.54, 1.807) is 31.4 Å². The normalized spacial score (nSPS) is 12.0. The van der Waals surface area contributed by atoms with Crippen molar-refractivity contribution < 1.29 is 19.4 Å². The van der Waals surface area contributed by atoms with E-state index in [0.717, 1.165) is 0 Å². The van der Waals surface area contributed by atoms with E-state index in [9.17, 15) is 9.59 Å². The molecule has 0 aliphatic heterocycles. The van der Waals surface area contributed by atoms with E-state index in [2.05, 4.69) is 5.32 Å². The third-order valence-corrected chi connectivity index (χ3v) is 2.64. The molecule has 5 heteroatoms. The largest absolute Gasteiger partial charge is 0.497 e. The molecule has 0 fully saturated rings. The molecule has 0 saturated heterocycles. The number of ether oxygens (including phenoxy) is 1. The molecular formula is C14H19NO4. The fourth-order valence-electron chi connectivity index (χ4n) is 1.76. The highest BCUT2D eigenvalue weighted by Crippen LogP contribution is 2.23. The highest BCUT2D eigenvalue weighted by Gasteiger charge is 2.24. The Balaban J connectivity index is 2.94. The summed E-state index contributed by atoms with van der Waals surface area (Å²) in [4.78, 5) is 22.9. The Morgan fingerprint density at radius 2 is 1.84 bits per heavy atom. The molecule has 19 heavy (non-hydrogen) atoms. The number of hydrogen-bond acceptors (Lipinski definition) is 3. The predicted octanol–water partition coefficient (Wildman–Crippen LogP) is 1.78. The van der Waals surface area contributed by atoms with Gasteiger partial charge in [-0.05, 0) is 31.5 Å². The standard InChI is InChI=1S/C14H19NO4/c1-9(2)15-14(18)12(8-13(16)17)10-4-6-11(19-3)7-5-10/h4-7,9,12H,8H2,1-3H3,(H,15,18)(H,16,17). The molecule has 0 saturated carbocycles. The van der Waals surface area contributed by atoms with Crippen LogP contribution < -0.4 is 10.1 Å².